The van der Waals surface area contributed by atoms with Crippen LogP contribution in [-0.2, 0) is 0 Å². The molecule has 6 heteroatoms. The zero-order valence-corrected chi connectivity index (χ0v) is 13.2. The lowest BCUT2D eigenvalue weighted by molar-refractivity contribution is 0.630. The maximum absolute atomic E-state index is 13.8. The zero-order chi connectivity index (χ0) is 14.3. The van der Waals surface area contributed by atoms with Gasteiger partial charge in [-0.1, -0.05) is 28.1 Å². The lowest BCUT2D eigenvalue weighted by atomic mass is 10.1. The second-order valence-corrected chi connectivity index (χ2v) is 5.97. The summed E-state index contributed by atoms with van der Waals surface area (Å²) < 4.78 is 15.5. The largest absolute Gasteiger partial charge is 0.383 e. The first kappa shape index (κ1) is 13.5. The van der Waals surface area contributed by atoms with Crippen LogP contribution in [0.4, 0.5) is 10.2 Å². The summed E-state index contributed by atoms with van der Waals surface area (Å²) >= 11 is 6.83. The number of anilines is 1. The molecule has 0 radical (unpaired) electrons. The van der Waals surface area contributed by atoms with Gasteiger partial charge in [-0.2, -0.15) is 0 Å². The van der Waals surface area contributed by atoms with Crippen molar-refractivity contribution >= 4 is 48.6 Å². The van der Waals surface area contributed by atoms with Gasteiger partial charge < -0.3 is 5.73 Å². The molecule has 100 valence electrons. The molecule has 1 aromatic heterocycles. The summed E-state index contributed by atoms with van der Waals surface area (Å²) in [6.45, 7) is 0. The van der Waals surface area contributed by atoms with Crippen molar-refractivity contribution in [3.05, 3.63) is 51.2 Å². The quantitative estimate of drug-likeness (QED) is 0.656. The van der Waals surface area contributed by atoms with Gasteiger partial charge in [0.05, 0.1) is 11.1 Å². The molecule has 0 atom stereocenters. The van der Waals surface area contributed by atoms with Gasteiger partial charge in [0.1, 0.15) is 11.6 Å². The molecule has 1 heterocycles. The van der Waals surface area contributed by atoms with Crippen LogP contribution in [0.15, 0.2) is 45.3 Å². The van der Waals surface area contributed by atoms with Crippen LogP contribution < -0.4 is 5.73 Å². The maximum Gasteiger partial charge on any atom is 0.165 e. The predicted octanol–water partition coefficient (Wildman–Crippen LogP) is 4.54. The van der Waals surface area contributed by atoms with Crippen molar-refractivity contribution in [1.29, 1.82) is 0 Å². The Morgan fingerprint density at radius 1 is 1.05 bits per heavy atom. The first-order valence-electron chi connectivity index (χ1n) is 5.73. The lowest BCUT2D eigenvalue weighted by Gasteiger charge is -2.08. The molecule has 0 aliphatic carbocycles. The number of halogens is 3. The third kappa shape index (κ3) is 2.29. The number of nitrogens with two attached hydrogens (primary N) is 1. The highest BCUT2D eigenvalue weighted by molar-refractivity contribution is 9.11. The molecule has 3 rings (SSSR count). The van der Waals surface area contributed by atoms with Crippen LogP contribution in [0, 0.1) is 5.82 Å². The fraction of sp³-hybridized carbons (Fsp3) is 0. The Bertz CT molecular complexity index is 821. The van der Waals surface area contributed by atoms with Crippen LogP contribution >= 0.6 is 31.9 Å². The standard InChI is InChI=1S/C14H8Br2FN3/c15-7-5-9-12(10(16)6-7)19-14(20-13(9)18)8-3-1-2-4-11(8)17/h1-6H,(H2,18,19,20). The molecule has 3 aromatic rings. The van der Waals surface area contributed by atoms with Gasteiger partial charge in [-0.05, 0) is 40.2 Å². The van der Waals surface area contributed by atoms with E-state index in [0.717, 1.165) is 8.95 Å². The number of hydrogen-bond acceptors (Lipinski definition) is 3. The molecule has 0 saturated heterocycles. The van der Waals surface area contributed by atoms with Gasteiger partial charge in [0.25, 0.3) is 0 Å². The van der Waals surface area contributed by atoms with Crippen molar-refractivity contribution in [3.8, 4) is 11.4 Å². The van der Waals surface area contributed by atoms with Crippen LogP contribution in [0.2, 0.25) is 0 Å². The zero-order valence-electron chi connectivity index (χ0n) is 10.1. The molecule has 0 fully saturated rings. The Morgan fingerprint density at radius 2 is 1.80 bits per heavy atom. The summed E-state index contributed by atoms with van der Waals surface area (Å²) in [4.78, 5) is 8.61. The number of fused-ring (bicyclic) bond motifs is 1. The highest BCUT2D eigenvalue weighted by Gasteiger charge is 2.13. The SMILES string of the molecule is Nc1nc(-c2ccccc2F)nc2c(Br)cc(Br)cc12. The van der Waals surface area contributed by atoms with Gasteiger partial charge >= 0.3 is 0 Å². The number of hydrogen-bond donors (Lipinski definition) is 1. The third-order valence-corrected chi connectivity index (χ3v) is 3.93. The molecule has 2 aromatic carbocycles. The Balaban J connectivity index is 2.33. The minimum atomic E-state index is -0.375. The number of nitrogen functional groups attached to an aromatic ring is 1. The van der Waals surface area contributed by atoms with Gasteiger partial charge in [-0.3, -0.25) is 0 Å². The summed E-state index contributed by atoms with van der Waals surface area (Å²) in [7, 11) is 0. The molecule has 0 aliphatic rings. The van der Waals surface area contributed by atoms with Crippen molar-refractivity contribution in [1.82, 2.24) is 9.97 Å². The molecule has 0 saturated carbocycles. The van der Waals surface area contributed by atoms with Crippen molar-refractivity contribution in [2.24, 2.45) is 0 Å². The highest BCUT2D eigenvalue weighted by Crippen LogP contribution is 2.32. The first-order valence-corrected chi connectivity index (χ1v) is 7.32. The topological polar surface area (TPSA) is 51.8 Å². The summed E-state index contributed by atoms with van der Waals surface area (Å²) in [5, 5.41) is 0.714. The second-order valence-electron chi connectivity index (χ2n) is 4.20. The van der Waals surface area contributed by atoms with Crippen molar-refractivity contribution in [2.45, 2.75) is 0 Å². The average molecular weight is 397 g/mol. The van der Waals surface area contributed by atoms with Crippen molar-refractivity contribution in [3.63, 3.8) is 0 Å². The van der Waals surface area contributed by atoms with Crippen molar-refractivity contribution in [2.75, 3.05) is 5.73 Å². The van der Waals surface area contributed by atoms with Gasteiger partial charge in [0.15, 0.2) is 5.82 Å². The number of aromatic nitrogens is 2. The monoisotopic (exact) mass is 395 g/mol. The lowest BCUT2D eigenvalue weighted by Crippen LogP contribution is -1.99. The van der Waals surface area contributed by atoms with E-state index >= 15 is 0 Å². The minimum Gasteiger partial charge on any atom is -0.383 e. The molecule has 0 aliphatic heterocycles. The number of benzene rings is 2. The van der Waals surface area contributed by atoms with Crippen LogP contribution in [-0.4, -0.2) is 9.97 Å². The molecule has 0 unspecified atom stereocenters. The molecule has 0 bridgehead atoms. The fourth-order valence-corrected chi connectivity index (χ4v) is 3.26. The second kappa shape index (κ2) is 5.10. The maximum atomic E-state index is 13.8. The van der Waals surface area contributed by atoms with E-state index in [1.54, 1.807) is 18.2 Å². The Morgan fingerprint density at radius 3 is 2.55 bits per heavy atom. The molecule has 2 N–H and O–H groups in total. The molecular weight excluding hydrogens is 389 g/mol. The van der Waals surface area contributed by atoms with E-state index < -0.39 is 0 Å². The normalized spacial score (nSPS) is 10.9. The van der Waals surface area contributed by atoms with Crippen LogP contribution in [0.5, 0.6) is 0 Å². The van der Waals surface area contributed by atoms with Gasteiger partial charge in [-0.15, -0.1) is 0 Å². The summed E-state index contributed by atoms with van der Waals surface area (Å²) in [6.07, 6.45) is 0. The van der Waals surface area contributed by atoms with E-state index in [9.17, 15) is 4.39 Å². The molecular formula is C14H8Br2FN3. The van der Waals surface area contributed by atoms with E-state index in [1.165, 1.54) is 6.07 Å². The summed E-state index contributed by atoms with van der Waals surface area (Å²) in [5.41, 5.74) is 6.95. The van der Waals surface area contributed by atoms with Crippen LogP contribution in [0.25, 0.3) is 22.3 Å². The van der Waals surface area contributed by atoms with E-state index in [4.69, 9.17) is 5.73 Å². The first-order chi connectivity index (χ1) is 9.56. The smallest absolute Gasteiger partial charge is 0.165 e. The summed E-state index contributed by atoms with van der Waals surface area (Å²) in [5.74, 6) is 0.214. The Kier molecular flexibility index (Phi) is 3.43. The fourth-order valence-electron chi connectivity index (χ4n) is 1.94. The summed E-state index contributed by atoms with van der Waals surface area (Å²) in [6, 6.07) is 10.0. The number of rotatable bonds is 1. The molecule has 20 heavy (non-hydrogen) atoms. The number of nitrogens with zero attached hydrogens (tertiary/aromatic N) is 2. The van der Waals surface area contributed by atoms with Crippen molar-refractivity contribution < 1.29 is 4.39 Å². The minimum absolute atomic E-state index is 0.274. The van der Waals surface area contributed by atoms with Gasteiger partial charge in [0, 0.05) is 14.3 Å². The predicted molar refractivity (Wildman–Crippen MR) is 84.7 cm³/mol. The van der Waals surface area contributed by atoms with Gasteiger partial charge in [-0.25, -0.2) is 14.4 Å². The Hall–Kier alpha value is -1.53. The van der Waals surface area contributed by atoms with Crippen LogP contribution in [0.1, 0.15) is 0 Å². The highest BCUT2D eigenvalue weighted by atomic mass is 79.9. The van der Waals surface area contributed by atoms with Gasteiger partial charge in [0.2, 0.25) is 0 Å². The van der Waals surface area contributed by atoms with Crippen LogP contribution in [0.3, 0.4) is 0 Å². The average Bonchev–Trinajstić information content (AvgIpc) is 2.40. The van der Waals surface area contributed by atoms with E-state index in [1.807, 2.05) is 12.1 Å². The Labute approximate surface area is 131 Å². The van der Waals surface area contributed by atoms with E-state index in [0.29, 0.717) is 22.3 Å². The van der Waals surface area contributed by atoms with E-state index in [2.05, 4.69) is 41.8 Å². The molecule has 3 nitrogen and oxygen atoms in total. The molecule has 0 amide bonds. The molecule has 0 spiro atoms. The van der Waals surface area contributed by atoms with E-state index in [-0.39, 0.29) is 11.6 Å². The third-order valence-electron chi connectivity index (χ3n) is 2.86.